The Morgan fingerprint density at radius 3 is 2.28 bits per heavy atom. The summed E-state index contributed by atoms with van der Waals surface area (Å²) in [5.74, 6) is -2.84. The number of halogens is 1. The second kappa shape index (κ2) is 7.91. The molecule has 0 unspecified atom stereocenters. The molecule has 0 spiro atoms. The topological polar surface area (TPSA) is 66.4 Å². The van der Waals surface area contributed by atoms with Gasteiger partial charge in [-0.05, 0) is 51.5 Å². The van der Waals surface area contributed by atoms with Crippen molar-refractivity contribution < 1.29 is 19.1 Å². The number of allylic oxidation sites excluding steroid dienone is 1. The number of aliphatic hydroxyl groups is 1. The number of carbonyl (C=O) groups excluding carboxylic acids is 2. The van der Waals surface area contributed by atoms with Crippen LogP contribution in [0.25, 0.3) is 0 Å². The number of aryl methyl sites for hydroxylation is 1. The molecule has 0 saturated heterocycles. The minimum atomic E-state index is -1.44. The maximum atomic E-state index is 14.8. The largest absolute Gasteiger partial charge is 0.389 e. The lowest BCUT2D eigenvalue weighted by Crippen LogP contribution is -2.48. The van der Waals surface area contributed by atoms with Gasteiger partial charge in [0.15, 0.2) is 5.78 Å². The summed E-state index contributed by atoms with van der Waals surface area (Å²) in [5.41, 5.74) is 1.49. The molecule has 3 atom stereocenters. The summed E-state index contributed by atoms with van der Waals surface area (Å²) in [5, 5.41) is 14.4. The van der Waals surface area contributed by atoms with Crippen LogP contribution in [0.2, 0.25) is 0 Å². The van der Waals surface area contributed by atoms with E-state index in [0.717, 1.165) is 11.3 Å². The fraction of sp³-hybridized carbons (Fsp3) is 0.333. The number of hydrogen-bond donors (Lipinski definition) is 2. The third kappa shape index (κ3) is 4.15. The standard InChI is InChI=1S/C24H26FNO3/c1-14-9-11-17(12-10-14)26-20-13-24(4,29)23(16(3)28)22(21(20)15(2)27)18-7-5-6-8-19(18)25/h5-12,22-23,26,29H,13H2,1-4H3/t22-,23+,24-/m1/s1. The van der Waals surface area contributed by atoms with E-state index < -0.39 is 23.3 Å². The third-order valence-corrected chi connectivity index (χ3v) is 5.58. The van der Waals surface area contributed by atoms with Crippen LogP contribution in [0.3, 0.4) is 0 Å². The number of hydrogen-bond acceptors (Lipinski definition) is 4. The van der Waals surface area contributed by atoms with Crippen molar-refractivity contribution in [2.24, 2.45) is 5.92 Å². The Labute approximate surface area is 170 Å². The van der Waals surface area contributed by atoms with Crippen molar-refractivity contribution in [3.05, 3.63) is 76.7 Å². The van der Waals surface area contributed by atoms with E-state index >= 15 is 0 Å². The molecular weight excluding hydrogens is 369 g/mol. The van der Waals surface area contributed by atoms with E-state index in [-0.39, 0.29) is 23.6 Å². The SMILES string of the molecule is CC(=O)C1=C(Nc2ccc(C)cc2)C[C@@](C)(O)[C@@H](C(C)=O)[C@@H]1c1ccccc1F. The number of ketones is 2. The quantitative estimate of drug-likeness (QED) is 0.780. The first-order chi connectivity index (χ1) is 13.6. The Hall–Kier alpha value is -2.79. The molecule has 5 heteroatoms. The number of nitrogens with one attached hydrogen (secondary N) is 1. The van der Waals surface area contributed by atoms with E-state index in [1.807, 2.05) is 31.2 Å². The molecule has 0 amide bonds. The minimum absolute atomic E-state index is 0.0883. The van der Waals surface area contributed by atoms with Gasteiger partial charge in [-0.25, -0.2) is 4.39 Å². The first kappa shape index (κ1) is 20.9. The van der Waals surface area contributed by atoms with Crippen molar-refractivity contribution in [3.63, 3.8) is 0 Å². The number of carbonyl (C=O) groups is 2. The molecule has 0 radical (unpaired) electrons. The average Bonchev–Trinajstić information content (AvgIpc) is 2.62. The summed E-state index contributed by atoms with van der Waals surface area (Å²) in [4.78, 5) is 25.3. The zero-order chi connectivity index (χ0) is 21.3. The smallest absolute Gasteiger partial charge is 0.158 e. The lowest BCUT2D eigenvalue weighted by atomic mass is 9.63. The number of Topliss-reactive ketones (excluding diaryl/α,β-unsaturated/α-hetero) is 2. The first-order valence-corrected chi connectivity index (χ1v) is 9.66. The third-order valence-electron chi connectivity index (χ3n) is 5.58. The Morgan fingerprint density at radius 1 is 1.10 bits per heavy atom. The lowest BCUT2D eigenvalue weighted by molar-refractivity contribution is -0.131. The van der Waals surface area contributed by atoms with Crippen LogP contribution in [-0.2, 0) is 9.59 Å². The molecule has 0 heterocycles. The maximum Gasteiger partial charge on any atom is 0.158 e. The van der Waals surface area contributed by atoms with Gasteiger partial charge in [0.2, 0.25) is 0 Å². The molecule has 3 rings (SSSR count). The van der Waals surface area contributed by atoms with E-state index in [1.165, 1.54) is 19.9 Å². The second-order valence-electron chi connectivity index (χ2n) is 8.06. The van der Waals surface area contributed by atoms with Crippen molar-refractivity contribution in [1.29, 1.82) is 0 Å². The molecule has 0 aliphatic heterocycles. The zero-order valence-corrected chi connectivity index (χ0v) is 17.1. The normalized spacial score (nSPS) is 24.3. The van der Waals surface area contributed by atoms with Gasteiger partial charge in [-0.1, -0.05) is 35.9 Å². The van der Waals surface area contributed by atoms with Crippen LogP contribution in [-0.4, -0.2) is 22.3 Å². The second-order valence-corrected chi connectivity index (χ2v) is 8.06. The highest BCUT2D eigenvalue weighted by molar-refractivity contribution is 5.98. The zero-order valence-electron chi connectivity index (χ0n) is 17.1. The van der Waals surface area contributed by atoms with Crippen molar-refractivity contribution in [1.82, 2.24) is 0 Å². The lowest BCUT2D eigenvalue weighted by Gasteiger charge is -2.43. The van der Waals surface area contributed by atoms with Crippen LogP contribution < -0.4 is 5.32 Å². The van der Waals surface area contributed by atoms with Gasteiger partial charge >= 0.3 is 0 Å². The predicted octanol–water partition coefficient (Wildman–Crippen LogP) is 4.53. The van der Waals surface area contributed by atoms with E-state index in [1.54, 1.807) is 25.1 Å². The number of anilines is 1. The van der Waals surface area contributed by atoms with E-state index in [4.69, 9.17) is 0 Å². The molecule has 1 aliphatic carbocycles. The highest BCUT2D eigenvalue weighted by Crippen LogP contribution is 2.48. The number of rotatable bonds is 5. The van der Waals surface area contributed by atoms with Crippen LogP contribution >= 0.6 is 0 Å². The Bertz CT molecular complexity index is 976. The molecule has 0 bridgehead atoms. The van der Waals surface area contributed by atoms with Gasteiger partial charge in [0, 0.05) is 29.3 Å². The first-order valence-electron chi connectivity index (χ1n) is 9.66. The molecule has 0 aromatic heterocycles. The van der Waals surface area contributed by atoms with Crippen LogP contribution in [0.4, 0.5) is 10.1 Å². The summed E-state index contributed by atoms with van der Waals surface area (Å²) in [6, 6.07) is 13.7. The van der Waals surface area contributed by atoms with Gasteiger partial charge in [-0.2, -0.15) is 0 Å². The van der Waals surface area contributed by atoms with Gasteiger partial charge < -0.3 is 10.4 Å². The highest BCUT2D eigenvalue weighted by Gasteiger charge is 2.49. The fourth-order valence-corrected chi connectivity index (χ4v) is 4.37. The Balaban J connectivity index is 2.23. The van der Waals surface area contributed by atoms with Gasteiger partial charge in [0.05, 0.1) is 11.5 Å². The van der Waals surface area contributed by atoms with Gasteiger partial charge in [-0.15, -0.1) is 0 Å². The maximum absolute atomic E-state index is 14.8. The molecule has 1 aliphatic rings. The van der Waals surface area contributed by atoms with Crippen LogP contribution in [0, 0.1) is 18.7 Å². The predicted molar refractivity (Wildman–Crippen MR) is 111 cm³/mol. The van der Waals surface area contributed by atoms with Crippen LogP contribution in [0.15, 0.2) is 59.8 Å². The van der Waals surface area contributed by atoms with Crippen molar-refractivity contribution in [2.45, 2.75) is 45.6 Å². The molecule has 0 saturated carbocycles. The number of benzene rings is 2. The summed E-state index contributed by atoms with van der Waals surface area (Å²) in [6.07, 6.45) is 0.0883. The average molecular weight is 395 g/mol. The summed E-state index contributed by atoms with van der Waals surface area (Å²) in [7, 11) is 0. The molecule has 2 aromatic rings. The van der Waals surface area contributed by atoms with Gasteiger partial charge in [0.1, 0.15) is 11.6 Å². The van der Waals surface area contributed by atoms with Crippen molar-refractivity contribution in [2.75, 3.05) is 5.32 Å². The van der Waals surface area contributed by atoms with Crippen molar-refractivity contribution in [3.8, 4) is 0 Å². The van der Waals surface area contributed by atoms with Gasteiger partial charge in [-0.3, -0.25) is 9.59 Å². The van der Waals surface area contributed by atoms with E-state index in [9.17, 15) is 19.1 Å². The minimum Gasteiger partial charge on any atom is -0.389 e. The van der Waals surface area contributed by atoms with Crippen molar-refractivity contribution >= 4 is 17.3 Å². The van der Waals surface area contributed by atoms with E-state index in [0.29, 0.717) is 11.3 Å². The Kier molecular flexibility index (Phi) is 5.71. The van der Waals surface area contributed by atoms with Crippen LogP contribution in [0.1, 0.15) is 44.2 Å². The summed E-state index contributed by atoms with van der Waals surface area (Å²) >= 11 is 0. The van der Waals surface area contributed by atoms with Crippen LogP contribution in [0.5, 0.6) is 0 Å². The molecule has 152 valence electrons. The summed E-state index contributed by atoms with van der Waals surface area (Å²) in [6.45, 7) is 6.34. The van der Waals surface area contributed by atoms with E-state index in [2.05, 4.69) is 5.32 Å². The molecule has 0 fully saturated rings. The molecule has 29 heavy (non-hydrogen) atoms. The molecule has 2 N–H and O–H groups in total. The highest BCUT2D eigenvalue weighted by atomic mass is 19.1. The molecular formula is C24H26FNO3. The van der Waals surface area contributed by atoms with Gasteiger partial charge in [0.25, 0.3) is 0 Å². The monoisotopic (exact) mass is 395 g/mol. The molecule has 2 aromatic carbocycles. The summed E-state index contributed by atoms with van der Waals surface area (Å²) < 4.78 is 14.8. The fourth-order valence-electron chi connectivity index (χ4n) is 4.37. The Morgan fingerprint density at radius 2 is 1.72 bits per heavy atom. The molecule has 4 nitrogen and oxygen atoms in total.